The number of hydrogen-bond acceptors (Lipinski definition) is 4. The Hall–Kier alpha value is -0.880. The number of carboxylic acids is 1. The van der Waals surface area contributed by atoms with Crippen LogP contribution in [0.1, 0.15) is 17.7 Å². The largest absolute Gasteiger partial charge is 0.481 e. The first kappa shape index (κ1) is 12.6. The first-order chi connectivity index (χ1) is 7.94. The lowest BCUT2D eigenvalue weighted by Crippen LogP contribution is -2.32. The van der Waals surface area contributed by atoms with Gasteiger partial charge in [-0.15, -0.1) is 11.3 Å². The number of carboxylic acid groups (broad SMARTS) is 1. The predicted molar refractivity (Wildman–Crippen MR) is 66.0 cm³/mol. The molecular formula is C11H14O4S2. The molecule has 1 aromatic rings. The van der Waals surface area contributed by atoms with Crippen molar-refractivity contribution in [3.63, 3.8) is 0 Å². The molecule has 6 heteroatoms. The Bertz CT molecular complexity index is 504. The SMILES string of the molecule is O=C(O)C1(CCc2cccs2)CCS(=O)(=O)C1. The highest BCUT2D eigenvalue weighted by molar-refractivity contribution is 7.91. The van der Waals surface area contributed by atoms with Crippen molar-refractivity contribution in [2.75, 3.05) is 11.5 Å². The van der Waals surface area contributed by atoms with Gasteiger partial charge in [-0.05, 0) is 30.7 Å². The van der Waals surface area contributed by atoms with Crippen LogP contribution in [0.25, 0.3) is 0 Å². The van der Waals surface area contributed by atoms with Crippen LogP contribution >= 0.6 is 11.3 Å². The quantitative estimate of drug-likeness (QED) is 0.904. The average molecular weight is 274 g/mol. The minimum absolute atomic E-state index is 0.00371. The summed E-state index contributed by atoms with van der Waals surface area (Å²) in [7, 11) is -3.17. The molecule has 1 N–H and O–H groups in total. The maximum Gasteiger partial charge on any atom is 0.310 e. The molecule has 2 heterocycles. The van der Waals surface area contributed by atoms with E-state index in [1.54, 1.807) is 11.3 Å². The maximum atomic E-state index is 11.5. The Balaban J connectivity index is 2.11. The number of hydrogen-bond donors (Lipinski definition) is 1. The van der Waals surface area contributed by atoms with Crippen molar-refractivity contribution in [2.45, 2.75) is 19.3 Å². The third-order valence-corrected chi connectivity index (χ3v) is 6.03. The van der Waals surface area contributed by atoms with E-state index >= 15 is 0 Å². The lowest BCUT2D eigenvalue weighted by atomic mass is 9.83. The van der Waals surface area contributed by atoms with E-state index in [1.807, 2.05) is 17.5 Å². The van der Waals surface area contributed by atoms with Gasteiger partial charge in [0.15, 0.2) is 9.84 Å². The summed E-state index contributed by atoms with van der Waals surface area (Å²) in [6, 6.07) is 3.86. The normalized spacial score (nSPS) is 27.1. The van der Waals surface area contributed by atoms with Crippen LogP contribution in [0.15, 0.2) is 17.5 Å². The summed E-state index contributed by atoms with van der Waals surface area (Å²) >= 11 is 1.57. The summed E-state index contributed by atoms with van der Waals surface area (Å²) in [5, 5.41) is 11.2. The van der Waals surface area contributed by atoms with Crippen molar-refractivity contribution in [2.24, 2.45) is 5.41 Å². The molecule has 0 spiro atoms. The first-order valence-electron chi connectivity index (χ1n) is 5.40. The van der Waals surface area contributed by atoms with Crippen molar-refractivity contribution in [3.8, 4) is 0 Å². The van der Waals surface area contributed by atoms with Crippen LogP contribution in [0.5, 0.6) is 0 Å². The van der Waals surface area contributed by atoms with Crippen molar-refractivity contribution in [1.29, 1.82) is 0 Å². The van der Waals surface area contributed by atoms with Gasteiger partial charge >= 0.3 is 5.97 Å². The second kappa shape index (κ2) is 4.42. The van der Waals surface area contributed by atoms with E-state index in [0.717, 1.165) is 4.88 Å². The van der Waals surface area contributed by atoms with Gasteiger partial charge in [0.1, 0.15) is 0 Å². The Morgan fingerprint density at radius 3 is 2.76 bits per heavy atom. The first-order valence-corrected chi connectivity index (χ1v) is 8.10. The molecule has 94 valence electrons. The molecule has 1 fully saturated rings. The molecule has 17 heavy (non-hydrogen) atoms. The third-order valence-electron chi connectivity index (χ3n) is 3.27. The summed E-state index contributed by atoms with van der Waals surface area (Å²) in [4.78, 5) is 12.4. The zero-order chi connectivity index (χ0) is 12.5. The van der Waals surface area contributed by atoms with Gasteiger partial charge in [-0.25, -0.2) is 8.42 Å². The van der Waals surface area contributed by atoms with Crippen LogP contribution in [-0.2, 0) is 21.1 Å². The molecule has 0 aromatic carbocycles. The smallest absolute Gasteiger partial charge is 0.310 e. The predicted octanol–water partition coefficient (Wildman–Crippen LogP) is 1.57. The van der Waals surface area contributed by atoms with Crippen molar-refractivity contribution in [3.05, 3.63) is 22.4 Å². The van der Waals surface area contributed by atoms with E-state index in [2.05, 4.69) is 0 Å². The molecule has 1 aliphatic heterocycles. The van der Waals surface area contributed by atoms with Gasteiger partial charge in [0, 0.05) is 4.88 Å². The van der Waals surface area contributed by atoms with Gasteiger partial charge in [-0.2, -0.15) is 0 Å². The molecule has 1 aliphatic rings. The van der Waals surface area contributed by atoms with Crippen LogP contribution in [0, 0.1) is 5.41 Å². The van der Waals surface area contributed by atoms with Crippen molar-refractivity contribution in [1.82, 2.24) is 0 Å². The van der Waals surface area contributed by atoms with Crippen molar-refractivity contribution < 1.29 is 18.3 Å². The summed E-state index contributed by atoms with van der Waals surface area (Å²) in [5.41, 5.74) is -1.07. The van der Waals surface area contributed by atoms with E-state index in [1.165, 1.54) is 0 Å². The molecule has 0 radical (unpaired) electrons. The standard InChI is InChI=1S/C11H14O4S2/c12-10(13)11(5-7-17(14,15)8-11)4-3-9-2-1-6-16-9/h1-2,6H,3-5,7-8H2,(H,12,13). The third kappa shape index (κ3) is 2.69. The highest BCUT2D eigenvalue weighted by atomic mass is 32.2. The summed E-state index contributed by atoms with van der Waals surface area (Å²) in [6.45, 7) is 0. The molecule has 1 atom stereocenters. The zero-order valence-electron chi connectivity index (χ0n) is 9.26. The van der Waals surface area contributed by atoms with Crippen LogP contribution in [0.4, 0.5) is 0 Å². The number of thiophene rings is 1. The topological polar surface area (TPSA) is 71.4 Å². The van der Waals surface area contributed by atoms with Gasteiger partial charge < -0.3 is 5.11 Å². The van der Waals surface area contributed by atoms with Crippen LogP contribution in [0.2, 0.25) is 0 Å². The highest BCUT2D eigenvalue weighted by Gasteiger charge is 2.47. The highest BCUT2D eigenvalue weighted by Crippen LogP contribution is 2.37. The van der Waals surface area contributed by atoms with Gasteiger partial charge in [0.05, 0.1) is 16.9 Å². The molecule has 4 nitrogen and oxygen atoms in total. The van der Waals surface area contributed by atoms with E-state index in [9.17, 15) is 18.3 Å². The lowest BCUT2D eigenvalue weighted by Gasteiger charge is -2.21. The lowest BCUT2D eigenvalue weighted by molar-refractivity contribution is -0.147. The van der Waals surface area contributed by atoms with E-state index in [0.29, 0.717) is 12.8 Å². The number of carbonyl (C=O) groups is 1. The summed E-state index contributed by atoms with van der Waals surface area (Å²) in [5.74, 6) is -1.18. The maximum absolute atomic E-state index is 11.5. The minimum atomic E-state index is -3.17. The zero-order valence-corrected chi connectivity index (χ0v) is 10.9. The molecule has 0 amide bonds. The Morgan fingerprint density at radius 2 is 2.29 bits per heavy atom. The van der Waals surface area contributed by atoms with E-state index in [-0.39, 0.29) is 17.9 Å². The van der Waals surface area contributed by atoms with Gasteiger partial charge in [0.2, 0.25) is 0 Å². The molecular weight excluding hydrogens is 260 g/mol. The van der Waals surface area contributed by atoms with Crippen LogP contribution < -0.4 is 0 Å². The van der Waals surface area contributed by atoms with Crippen LogP contribution in [0.3, 0.4) is 0 Å². The fraction of sp³-hybridized carbons (Fsp3) is 0.545. The minimum Gasteiger partial charge on any atom is -0.481 e. The number of sulfone groups is 1. The fourth-order valence-corrected chi connectivity index (χ4v) is 5.02. The molecule has 0 aliphatic carbocycles. The monoisotopic (exact) mass is 274 g/mol. The Kier molecular flexibility index (Phi) is 3.27. The molecule has 1 saturated heterocycles. The Morgan fingerprint density at radius 1 is 1.53 bits per heavy atom. The summed E-state index contributed by atoms with van der Waals surface area (Å²) in [6.07, 6.45) is 1.29. The molecule has 0 bridgehead atoms. The second-order valence-corrected chi connectivity index (χ2v) is 7.72. The van der Waals surface area contributed by atoms with E-state index in [4.69, 9.17) is 0 Å². The van der Waals surface area contributed by atoms with Crippen molar-refractivity contribution >= 4 is 27.1 Å². The fourth-order valence-electron chi connectivity index (χ4n) is 2.21. The number of aliphatic carboxylic acids is 1. The Labute approximate surface area is 104 Å². The van der Waals surface area contributed by atoms with Crippen LogP contribution in [-0.4, -0.2) is 31.0 Å². The second-order valence-electron chi connectivity index (χ2n) is 4.51. The molecule has 2 rings (SSSR count). The molecule has 1 unspecified atom stereocenters. The number of rotatable bonds is 4. The van der Waals surface area contributed by atoms with Gasteiger partial charge in [-0.1, -0.05) is 6.07 Å². The molecule has 0 saturated carbocycles. The average Bonchev–Trinajstić information content (AvgIpc) is 2.83. The van der Waals surface area contributed by atoms with Gasteiger partial charge in [-0.3, -0.25) is 4.79 Å². The van der Waals surface area contributed by atoms with E-state index < -0.39 is 21.2 Å². The molecule has 1 aromatic heterocycles. The summed E-state index contributed by atoms with van der Waals surface area (Å²) < 4.78 is 22.9. The number of aryl methyl sites for hydroxylation is 1. The van der Waals surface area contributed by atoms with Gasteiger partial charge in [0.25, 0.3) is 0 Å².